The summed E-state index contributed by atoms with van der Waals surface area (Å²) in [6.07, 6.45) is 0. The van der Waals surface area contributed by atoms with E-state index in [2.05, 4.69) is 35.9 Å². The minimum Gasteiger partial charge on any atom is -0.617 e. The fourth-order valence-corrected chi connectivity index (χ4v) is 11.3. The molecule has 0 unspecified atom stereocenters. The predicted octanol–water partition coefficient (Wildman–Crippen LogP) is 15.7. The Hall–Kier alpha value is -11.6. The van der Waals surface area contributed by atoms with Crippen molar-refractivity contribution in [3.8, 4) is 69.3 Å². The molecule has 0 spiro atoms. The molecule has 0 bridgehead atoms. The lowest BCUT2D eigenvalue weighted by Gasteiger charge is -2.11. The van der Waals surface area contributed by atoms with Gasteiger partial charge in [-0.05, 0) is 113 Å². The van der Waals surface area contributed by atoms with Gasteiger partial charge in [0.15, 0.2) is 34.5 Å². The van der Waals surface area contributed by atoms with Crippen molar-refractivity contribution in [2.24, 2.45) is 0 Å². The van der Waals surface area contributed by atoms with Crippen LogP contribution in [0.4, 0.5) is 5.69 Å². The minimum atomic E-state index is -1.72. The number of anilines is 1. The van der Waals surface area contributed by atoms with Gasteiger partial charge in [-0.1, -0.05) is 74.2 Å². The summed E-state index contributed by atoms with van der Waals surface area (Å²) in [7, 11) is 24.0. The van der Waals surface area contributed by atoms with Gasteiger partial charge in [-0.2, -0.15) is 33.6 Å². The van der Waals surface area contributed by atoms with Crippen molar-refractivity contribution in [1.29, 1.82) is 5.26 Å². The van der Waals surface area contributed by atoms with E-state index < -0.39 is 11.4 Å². The van der Waals surface area contributed by atoms with Crippen LogP contribution in [0.1, 0.15) is 14.4 Å². The Balaban J connectivity index is 0.000000209. The van der Waals surface area contributed by atoms with Crippen LogP contribution < -0.4 is 62.5 Å². The van der Waals surface area contributed by atoms with Crippen LogP contribution in [0, 0.1) is 42.6 Å². The first kappa shape index (κ1) is 92.2. The van der Waals surface area contributed by atoms with Crippen LogP contribution in [0.3, 0.4) is 0 Å². The Bertz CT molecular complexity index is 5860. The number of aromatic hydroxyl groups is 5. The molecule has 16 aromatic rings. The second-order valence-corrected chi connectivity index (χ2v) is 31.0. The van der Waals surface area contributed by atoms with Crippen LogP contribution in [-0.2, 0) is 0 Å². The standard InChI is InChI=1S/C14H12N2O4.C14H12N2O2.C13H10N2O4.C12H8N2O4.C12H8N2O2.C7H8BrNO.C2H3N.2CH2Cl2.CH4.Al.3ClH/c1-19-11-7-3-5-9-13(11)15(17)10-6-4-8-12(20-2)14(10)16(9)18;1-17-11-7-3-5-9-13(11)15-10-6-4-8-12(18-2)14(10)16-9;1-19-11-7-3-5-9-13(11)15(18)8-4-2-6-10(16)12(8)14(9)17;15-9-5-1-3-7-11(9)14(18)8-4-2-6-10(16)12(8)13(7)17;15-9-5-1-3-7-11(9)14-8-4-2-6-10(16)12(8)13-7;1-10-6-4-2-3-5(9)7(6)8;1-2-3;2*2-1-3;;;;;/h3-8H,1-2H3;3-8H,1-2H3;2-7,16H,1H3;1-6,15-16H;1-6,15-16H;2-4H,9H2,1H3;1H3;2*1H2;1H4;;3*1H/q;;;;;;;;;;+3;;;/p-3. The topological polar surface area (TPSA) is 420 Å². The molecule has 38 heteroatoms. The number of para-hydroxylation sites is 10. The van der Waals surface area contributed by atoms with E-state index in [1.54, 1.807) is 112 Å². The molecule has 0 fully saturated rings. The molecule has 0 saturated heterocycles. The van der Waals surface area contributed by atoms with Gasteiger partial charge in [-0.15, -0.1) is 46.4 Å². The number of fused-ring (bicyclic) bond motifs is 10. The normalized spacial score (nSPS) is 10.1. The molecule has 0 aliphatic carbocycles. The third-order valence-electron chi connectivity index (χ3n) is 15.6. The number of nitrogens with two attached hydrogens (primary N) is 1. The number of benzene rings is 11. The Morgan fingerprint density at radius 1 is 0.357 bits per heavy atom. The first-order valence-corrected chi connectivity index (χ1v) is 40.6. The van der Waals surface area contributed by atoms with Crippen molar-refractivity contribution in [2.45, 2.75) is 14.4 Å². The van der Waals surface area contributed by atoms with Crippen LogP contribution in [0.15, 0.2) is 205 Å². The highest BCUT2D eigenvalue weighted by Gasteiger charge is 2.30. The molecule has 16 rings (SSSR count). The van der Waals surface area contributed by atoms with Gasteiger partial charge < -0.3 is 90.9 Å². The van der Waals surface area contributed by atoms with Gasteiger partial charge in [-0.25, -0.2) is 50.1 Å². The zero-order valence-electron chi connectivity index (χ0n) is 60.7. The van der Waals surface area contributed by atoms with E-state index in [0.29, 0.717) is 73.4 Å². The SMILES string of the molecule is C.CC#N.COc1cccc(N)c1Br.COc1cccc2c1[n+]([O-])c1cccc(O)c1[n+]2[O-].COc1cccc2c1[n+]([O-])c1cccc(OC)c1[n+]2[O-].COc1cccc2nc3c(OC)cccc3nc12.ClCCl.ClCCl.Oc1cccc2nc3c(O)cccc3nc12.[Cl][Al]([Cl])[Cl].[O-][n+]1c2cccc(O)c2[n+]([O-])c2cccc(O)c21. The number of hydrogen-bond donors (Lipinski definition) is 6. The molecule has 5 aromatic heterocycles. The molecule has 0 saturated carbocycles. The maximum absolute atomic E-state index is 12.5. The van der Waals surface area contributed by atoms with Crippen LogP contribution in [-0.4, -0.2) is 110 Å². The maximum Gasteiger partial charge on any atom is 0.643 e. The van der Waals surface area contributed by atoms with E-state index in [9.17, 15) is 56.8 Å². The minimum absolute atomic E-state index is 0. The number of halogens is 8. The second kappa shape index (κ2) is 44.1. The van der Waals surface area contributed by atoms with Crippen LogP contribution in [0.5, 0.6) is 63.2 Å². The van der Waals surface area contributed by atoms with E-state index in [-0.39, 0.29) is 113 Å². The van der Waals surface area contributed by atoms with Gasteiger partial charge in [0.25, 0.3) is 33.1 Å². The summed E-state index contributed by atoms with van der Waals surface area (Å²) in [6, 6.07) is 55.8. The molecule has 598 valence electrons. The maximum atomic E-state index is 12.5. The third kappa shape index (κ3) is 21.6. The molecule has 0 amide bonds. The Morgan fingerprint density at radius 3 is 0.817 bits per heavy atom. The van der Waals surface area contributed by atoms with Crippen molar-refractivity contribution < 1.29 is 82.3 Å². The Morgan fingerprint density at radius 2 is 0.548 bits per heavy atom. The highest BCUT2D eigenvalue weighted by Crippen LogP contribution is 2.34. The van der Waals surface area contributed by atoms with E-state index in [1.165, 1.54) is 88.9 Å². The van der Waals surface area contributed by atoms with Crippen molar-refractivity contribution in [3.05, 3.63) is 236 Å². The van der Waals surface area contributed by atoms with E-state index in [4.69, 9.17) is 116 Å². The summed E-state index contributed by atoms with van der Waals surface area (Å²) in [6.45, 7) is 1.43. The summed E-state index contributed by atoms with van der Waals surface area (Å²) in [5.41, 5.74) is 12.3. The number of phenolic OH excluding ortho intramolecular Hbond substituents is 5. The van der Waals surface area contributed by atoms with Crippen molar-refractivity contribution >= 4 is 220 Å². The van der Waals surface area contributed by atoms with Crippen molar-refractivity contribution in [2.75, 3.05) is 59.1 Å². The van der Waals surface area contributed by atoms with Gasteiger partial charge in [-0.3, -0.25) is 0 Å². The number of ether oxygens (including phenoxy) is 6. The number of aromatic nitrogens is 10. The average molecular weight is 1790 g/mol. The molecule has 0 atom stereocenters. The van der Waals surface area contributed by atoms with Crippen LogP contribution in [0.2, 0.25) is 0 Å². The molecular weight excluding hydrogens is 1720 g/mol. The number of rotatable bonds is 6. The predicted molar refractivity (Wildman–Crippen MR) is 453 cm³/mol. The average Bonchev–Trinajstić information content (AvgIpc) is 0.754. The number of nitrogen functional groups attached to an aromatic ring is 1. The monoisotopic (exact) mass is 1780 g/mol. The molecule has 115 heavy (non-hydrogen) atoms. The van der Waals surface area contributed by atoms with Crippen LogP contribution >= 0.6 is 92.5 Å². The zero-order valence-corrected chi connectivity index (χ0v) is 68.7. The molecule has 0 aliphatic heterocycles. The lowest BCUT2D eigenvalue weighted by Crippen LogP contribution is -2.39. The summed E-state index contributed by atoms with van der Waals surface area (Å²) in [5.74, 6) is 2.62. The number of phenols is 5. The fourth-order valence-electron chi connectivity index (χ4n) is 10.9. The lowest BCUT2D eigenvalue weighted by molar-refractivity contribution is -0.591. The summed E-state index contributed by atoms with van der Waals surface area (Å²) >= 11 is 20.6. The molecule has 5 heterocycles. The van der Waals surface area contributed by atoms with Crippen molar-refractivity contribution in [1.82, 2.24) is 19.9 Å². The van der Waals surface area contributed by atoms with Gasteiger partial charge in [0.2, 0.25) is 0 Å². The lowest BCUT2D eigenvalue weighted by atomic mass is 10.2. The van der Waals surface area contributed by atoms with Crippen molar-refractivity contribution in [3.63, 3.8) is 0 Å². The second-order valence-electron chi connectivity index (χ2n) is 22.1. The molecule has 0 radical (unpaired) electrons. The quantitative estimate of drug-likeness (QED) is 0.0225. The van der Waals surface area contributed by atoms with E-state index in [1.807, 2.05) is 54.6 Å². The first-order chi connectivity index (χ1) is 54.8. The molecule has 0 aliphatic rings. The number of methoxy groups -OCH3 is 6. The van der Waals surface area contributed by atoms with Gasteiger partial charge >= 0.3 is 44.5 Å². The zero-order chi connectivity index (χ0) is 83.6. The van der Waals surface area contributed by atoms with Gasteiger partial charge in [0.05, 0.1) is 85.9 Å². The Kier molecular flexibility index (Phi) is 35.4. The first-order valence-electron chi connectivity index (χ1n) is 32.5. The summed E-state index contributed by atoms with van der Waals surface area (Å²) < 4.78 is 35.3. The number of alkyl halides is 4. The van der Waals surface area contributed by atoms with E-state index in [0.717, 1.165) is 43.8 Å². The fraction of sp³-hybridized carbons (Fsp3) is 0.130. The highest BCUT2D eigenvalue weighted by atomic mass is 79.9. The number of nitrogens with zero attached hydrogens (tertiary/aromatic N) is 11. The number of nitriles is 1. The summed E-state index contributed by atoms with van der Waals surface area (Å²) in [4.78, 5) is 17.7. The van der Waals surface area contributed by atoms with Crippen LogP contribution in [0.25, 0.3) is 110 Å². The molecule has 7 N–H and O–H groups in total. The molecule has 11 aromatic carbocycles. The van der Waals surface area contributed by atoms with Gasteiger partial charge in [0, 0.05) is 49.0 Å². The largest absolute Gasteiger partial charge is 0.643 e. The highest BCUT2D eigenvalue weighted by molar-refractivity contribution is 9.10. The van der Waals surface area contributed by atoms with E-state index >= 15 is 0 Å². The smallest absolute Gasteiger partial charge is 0.617 e. The number of hydrogen-bond acceptors (Lipinski definition) is 23. The Labute approximate surface area is 700 Å². The summed E-state index contributed by atoms with van der Waals surface area (Å²) in [5, 5.41) is 130. The molecular formula is C77H69AlBrCl7N12O17. The third-order valence-corrected chi connectivity index (χ3v) is 16.5. The molecule has 29 nitrogen and oxygen atoms in total. The van der Waals surface area contributed by atoms with Gasteiger partial charge in [0.1, 0.15) is 50.8 Å².